The van der Waals surface area contributed by atoms with Gasteiger partial charge in [0.2, 0.25) is 5.76 Å². The summed E-state index contributed by atoms with van der Waals surface area (Å²) >= 11 is 6.35. The van der Waals surface area contributed by atoms with Crippen LogP contribution in [-0.4, -0.2) is 37.6 Å². The van der Waals surface area contributed by atoms with Gasteiger partial charge in [0.05, 0.1) is 13.7 Å². The maximum Gasteiger partial charge on any atom is 0.373 e. The van der Waals surface area contributed by atoms with E-state index in [4.69, 9.17) is 16.0 Å². The van der Waals surface area contributed by atoms with Gasteiger partial charge in [0.15, 0.2) is 0 Å². The lowest BCUT2D eigenvalue weighted by Crippen LogP contribution is -2.45. The summed E-state index contributed by atoms with van der Waals surface area (Å²) in [5.74, 6) is 0.510. The fourth-order valence-corrected chi connectivity index (χ4v) is 3.12. The van der Waals surface area contributed by atoms with E-state index in [2.05, 4.69) is 21.0 Å². The second-order valence-electron chi connectivity index (χ2n) is 5.47. The molecule has 1 fully saturated rings. The van der Waals surface area contributed by atoms with Crippen molar-refractivity contribution in [1.82, 2.24) is 10.2 Å². The molecule has 1 unspecified atom stereocenters. The van der Waals surface area contributed by atoms with Crippen LogP contribution in [0.1, 0.15) is 27.9 Å². The first-order valence-corrected chi connectivity index (χ1v) is 7.93. The Balaban J connectivity index is 1.78. The van der Waals surface area contributed by atoms with Crippen LogP contribution in [0.25, 0.3) is 0 Å². The first kappa shape index (κ1) is 16.1. The second kappa shape index (κ2) is 7.17. The third kappa shape index (κ3) is 3.58. The highest BCUT2D eigenvalue weighted by atomic mass is 35.5. The fraction of sp³-hybridized carbons (Fsp3) is 0.353. The molecule has 1 N–H and O–H groups in total. The molecule has 122 valence electrons. The van der Waals surface area contributed by atoms with Gasteiger partial charge in [-0.05, 0) is 23.8 Å². The molecule has 2 heterocycles. The number of methoxy groups -OCH3 is 1. The summed E-state index contributed by atoms with van der Waals surface area (Å²) in [6, 6.07) is 11.5. The predicted octanol–water partition coefficient (Wildman–Crippen LogP) is 2.87. The largest absolute Gasteiger partial charge is 0.463 e. The zero-order valence-electron chi connectivity index (χ0n) is 12.9. The molecule has 1 aromatic heterocycles. The maximum absolute atomic E-state index is 11.5. The Morgan fingerprint density at radius 2 is 2.22 bits per heavy atom. The van der Waals surface area contributed by atoms with Crippen LogP contribution in [0.4, 0.5) is 0 Å². The Bertz CT molecular complexity index is 686. The zero-order valence-corrected chi connectivity index (χ0v) is 13.7. The monoisotopic (exact) mass is 334 g/mol. The SMILES string of the molecule is COC(=O)c1ccc(CN2CCNCC2c2ccccc2Cl)o1. The summed E-state index contributed by atoms with van der Waals surface area (Å²) < 4.78 is 10.3. The number of furan rings is 1. The lowest BCUT2D eigenvalue weighted by molar-refractivity contribution is 0.0559. The van der Waals surface area contributed by atoms with Crippen molar-refractivity contribution in [1.29, 1.82) is 0 Å². The standard InChI is InChI=1S/C17H19ClN2O3/c1-22-17(21)16-7-6-12(23-16)11-20-9-8-19-10-15(20)13-4-2-3-5-14(13)18/h2-7,15,19H,8-11H2,1H3. The molecule has 1 aliphatic rings. The van der Waals surface area contributed by atoms with Gasteiger partial charge in [0, 0.05) is 30.7 Å². The van der Waals surface area contributed by atoms with Gasteiger partial charge in [-0.3, -0.25) is 4.90 Å². The normalized spacial score (nSPS) is 18.8. The number of nitrogens with one attached hydrogen (secondary N) is 1. The molecule has 0 bridgehead atoms. The van der Waals surface area contributed by atoms with Crippen molar-refractivity contribution in [3.8, 4) is 0 Å². The van der Waals surface area contributed by atoms with Crippen LogP contribution in [-0.2, 0) is 11.3 Å². The summed E-state index contributed by atoms with van der Waals surface area (Å²) in [7, 11) is 1.34. The molecule has 0 aliphatic carbocycles. The molecule has 1 aliphatic heterocycles. The third-order valence-corrected chi connectivity index (χ3v) is 4.37. The van der Waals surface area contributed by atoms with E-state index in [0.717, 1.165) is 36.0 Å². The Kier molecular flexibility index (Phi) is 5.00. The number of benzene rings is 1. The molecule has 5 nitrogen and oxygen atoms in total. The topological polar surface area (TPSA) is 54.7 Å². The van der Waals surface area contributed by atoms with E-state index in [1.54, 1.807) is 6.07 Å². The molecule has 1 saturated heterocycles. The van der Waals surface area contributed by atoms with Gasteiger partial charge >= 0.3 is 5.97 Å². The molecule has 0 saturated carbocycles. The van der Waals surface area contributed by atoms with Gasteiger partial charge in [-0.2, -0.15) is 0 Å². The lowest BCUT2D eigenvalue weighted by Gasteiger charge is -2.36. The van der Waals surface area contributed by atoms with Crippen LogP contribution in [0.2, 0.25) is 5.02 Å². The van der Waals surface area contributed by atoms with Crippen LogP contribution in [0.5, 0.6) is 0 Å². The molecule has 23 heavy (non-hydrogen) atoms. The van der Waals surface area contributed by atoms with Crippen LogP contribution in [0.15, 0.2) is 40.8 Å². The maximum atomic E-state index is 11.5. The quantitative estimate of drug-likeness (QED) is 0.871. The number of carbonyl (C=O) groups excluding carboxylic acids is 1. The Labute approximate surface area is 140 Å². The molecular formula is C17H19ClN2O3. The van der Waals surface area contributed by atoms with Gasteiger partial charge in [-0.1, -0.05) is 29.8 Å². The molecule has 0 amide bonds. The first-order valence-electron chi connectivity index (χ1n) is 7.55. The van der Waals surface area contributed by atoms with Gasteiger partial charge in [-0.15, -0.1) is 0 Å². The Morgan fingerprint density at radius 1 is 1.39 bits per heavy atom. The van der Waals surface area contributed by atoms with E-state index in [0.29, 0.717) is 6.54 Å². The number of piperazine rings is 1. The van der Waals surface area contributed by atoms with Crippen LogP contribution < -0.4 is 5.32 Å². The van der Waals surface area contributed by atoms with E-state index in [9.17, 15) is 4.79 Å². The Hall–Kier alpha value is -1.82. The van der Waals surface area contributed by atoms with Crippen molar-refractivity contribution >= 4 is 17.6 Å². The summed E-state index contributed by atoms with van der Waals surface area (Å²) in [5, 5.41) is 4.17. The number of hydrogen-bond donors (Lipinski definition) is 1. The highest BCUT2D eigenvalue weighted by Gasteiger charge is 2.26. The predicted molar refractivity (Wildman–Crippen MR) is 87.5 cm³/mol. The lowest BCUT2D eigenvalue weighted by atomic mass is 10.0. The van der Waals surface area contributed by atoms with Crippen molar-refractivity contribution in [2.24, 2.45) is 0 Å². The summed E-state index contributed by atoms with van der Waals surface area (Å²) in [6.45, 7) is 3.23. The van der Waals surface area contributed by atoms with Gasteiger partial charge in [0.25, 0.3) is 0 Å². The average molecular weight is 335 g/mol. The van der Waals surface area contributed by atoms with Crippen molar-refractivity contribution in [2.75, 3.05) is 26.7 Å². The average Bonchev–Trinajstić information content (AvgIpc) is 3.04. The van der Waals surface area contributed by atoms with Crippen molar-refractivity contribution in [3.05, 3.63) is 58.5 Å². The van der Waals surface area contributed by atoms with Crippen molar-refractivity contribution < 1.29 is 13.9 Å². The van der Waals surface area contributed by atoms with E-state index < -0.39 is 5.97 Å². The summed E-state index contributed by atoms with van der Waals surface area (Å²) in [5.41, 5.74) is 1.10. The molecule has 0 spiro atoms. The number of rotatable bonds is 4. The number of nitrogens with zero attached hydrogens (tertiary/aromatic N) is 1. The van der Waals surface area contributed by atoms with E-state index in [1.165, 1.54) is 7.11 Å². The molecular weight excluding hydrogens is 316 g/mol. The molecule has 1 aromatic carbocycles. The van der Waals surface area contributed by atoms with Gasteiger partial charge in [-0.25, -0.2) is 4.79 Å². The minimum Gasteiger partial charge on any atom is -0.463 e. The zero-order chi connectivity index (χ0) is 16.2. The highest BCUT2D eigenvalue weighted by Crippen LogP contribution is 2.29. The van der Waals surface area contributed by atoms with E-state index in [-0.39, 0.29) is 11.8 Å². The smallest absolute Gasteiger partial charge is 0.373 e. The number of carbonyl (C=O) groups is 1. The minimum absolute atomic E-state index is 0.170. The van der Waals surface area contributed by atoms with Crippen molar-refractivity contribution in [2.45, 2.75) is 12.6 Å². The second-order valence-corrected chi connectivity index (χ2v) is 5.88. The number of hydrogen-bond acceptors (Lipinski definition) is 5. The molecule has 1 atom stereocenters. The first-order chi connectivity index (χ1) is 11.2. The summed E-state index contributed by atoms with van der Waals surface area (Å²) in [6.07, 6.45) is 0. The fourth-order valence-electron chi connectivity index (χ4n) is 2.86. The third-order valence-electron chi connectivity index (χ3n) is 4.03. The molecule has 6 heteroatoms. The van der Waals surface area contributed by atoms with Gasteiger partial charge < -0.3 is 14.5 Å². The van der Waals surface area contributed by atoms with Crippen LogP contribution in [0, 0.1) is 0 Å². The number of halogens is 1. The molecule has 0 radical (unpaired) electrons. The van der Waals surface area contributed by atoms with Crippen LogP contribution in [0.3, 0.4) is 0 Å². The number of esters is 1. The highest BCUT2D eigenvalue weighted by molar-refractivity contribution is 6.31. The van der Waals surface area contributed by atoms with E-state index in [1.807, 2.05) is 24.3 Å². The molecule has 3 rings (SSSR count). The number of ether oxygens (including phenoxy) is 1. The molecule has 2 aromatic rings. The van der Waals surface area contributed by atoms with E-state index >= 15 is 0 Å². The van der Waals surface area contributed by atoms with Crippen molar-refractivity contribution in [3.63, 3.8) is 0 Å². The Morgan fingerprint density at radius 3 is 3.00 bits per heavy atom. The van der Waals surface area contributed by atoms with Gasteiger partial charge in [0.1, 0.15) is 5.76 Å². The minimum atomic E-state index is -0.459. The van der Waals surface area contributed by atoms with Crippen LogP contribution >= 0.6 is 11.6 Å². The summed E-state index contributed by atoms with van der Waals surface area (Å²) in [4.78, 5) is 13.8.